The number of benzene rings is 11. The SMILES string of the molecule is CC1(C)c2ccccc2-c2cc(N3c4cc5c(cc4[B]c4c(-c6cc7c(cc6Nc6ccc(-c8ccccc8)cc6)oc6cc8ccccc8cc67)cc6c(oc7ccccc76)c43)C(C)(C)c3ccccc3-5)ccc21. The molecule has 75 heavy (non-hydrogen) atoms. The number of rotatable bonds is 5. The van der Waals surface area contributed by atoms with Gasteiger partial charge in [0.2, 0.25) is 0 Å². The van der Waals surface area contributed by atoms with E-state index in [4.69, 9.17) is 8.83 Å². The quantitative estimate of drug-likeness (QED) is 0.175. The molecule has 4 nitrogen and oxygen atoms in total. The van der Waals surface area contributed by atoms with Crippen LogP contribution >= 0.6 is 0 Å². The molecule has 0 unspecified atom stereocenters. The largest absolute Gasteiger partial charge is 0.456 e. The summed E-state index contributed by atoms with van der Waals surface area (Å²) < 4.78 is 14.1. The van der Waals surface area contributed by atoms with Crippen LogP contribution in [0.3, 0.4) is 0 Å². The number of anilines is 5. The average Bonchev–Trinajstić information content (AvgIpc) is 4.13. The molecule has 3 heterocycles. The molecule has 1 radical (unpaired) electrons. The van der Waals surface area contributed by atoms with Crippen LogP contribution in [0.5, 0.6) is 0 Å². The highest BCUT2D eigenvalue weighted by molar-refractivity contribution is 6.74. The Morgan fingerprint density at radius 1 is 0.413 bits per heavy atom. The minimum Gasteiger partial charge on any atom is -0.456 e. The van der Waals surface area contributed by atoms with Crippen LogP contribution in [0.4, 0.5) is 28.4 Å². The third kappa shape index (κ3) is 6.07. The van der Waals surface area contributed by atoms with Crippen molar-refractivity contribution in [2.24, 2.45) is 0 Å². The van der Waals surface area contributed by atoms with Crippen molar-refractivity contribution in [2.75, 3.05) is 10.2 Å². The Kier molecular flexibility index (Phi) is 8.63. The summed E-state index contributed by atoms with van der Waals surface area (Å²) in [5.74, 6) is 0. The first-order valence-corrected chi connectivity index (χ1v) is 26.1. The van der Waals surface area contributed by atoms with Gasteiger partial charge in [0.05, 0.1) is 11.4 Å². The van der Waals surface area contributed by atoms with Crippen LogP contribution in [0.25, 0.3) is 99.2 Å². The zero-order chi connectivity index (χ0) is 49.9. The molecule has 2 aromatic heterocycles. The number of para-hydroxylation sites is 1. The summed E-state index contributed by atoms with van der Waals surface area (Å²) in [6, 6.07) is 77.8. The standard InChI is InChI=1S/C70H48BN2O2/c1-69(2)56-23-13-10-20-46(56)49-34-45(30-31-58(49)69)73-62-37-50-47-21-11-14-24-57(47)70(3,4)59(50)38-60(62)71-66-54(36-55-48-22-12-15-25-63(48)75-68(55)67(66)73)51-35-53-52-32-42-18-8-9-19-43(42)33-64(52)74-65(53)39-61(51)72-44-28-26-41(27-29-44)40-16-6-5-7-17-40/h5-39,72H,1-4H3. The van der Waals surface area contributed by atoms with Gasteiger partial charge in [-0.15, -0.1) is 0 Å². The Bertz CT molecular complexity index is 4600. The van der Waals surface area contributed by atoms with Gasteiger partial charge in [-0.3, -0.25) is 0 Å². The van der Waals surface area contributed by atoms with Crippen LogP contribution in [0.1, 0.15) is 49.9 Å². The fourth-order valence-corrected chi connectivity index (χ4v) is 13.3. The number of nitrogens with zero attached hydrogens (tertiary/aromatic N) is 1. The van der Waals surface area contributed by atoms with Crippen LogP contribution in [0.15, 0.2) is 221 Å². The molecular weight excluding hydrogens is 912 g/mol. The molecule has 0 saturated heterocycles. The molecule has 0 saturated carbocycles. The van der Waals surface area contributed by atoms with Crippen LogP contribution in [0, 0.1) is 0 Å². The van der Waals surface area contributed by atoms with Gasteiger partial charge in [-0.25, -0.2) is 0 Å². The second kappa shape index (κ2) is 15.3. The molecule has 1 aliphatic heterocycles. The molecule has 5 heteroatoms. The highest BCUT2D eigenvalue weighted by Gasteiger charge is 2.41. The van der Waals surface area contributed by atoms with Crippen LogP contribution in [-0.2, 0) is 10.8 Å². The molecule has 0 spiro atoms. The topological polar surface area (TPSA) is 41.5 Å². The van der Waals surface area contributed by atoms with E-state index in [2.05, 4.69) is 258 Å². The summed E-state index contributed by atoms with van der Waals surface area (Å²) in [6.07, 6.45) is 0. The lowest BCUT2D eigenvalue weighted by Crippen LogP contribution is -2.41. The molecule has 2 aliphatic carbocycles. The van der Waals surface area contributed by atoms with Crippen molar-refractivity contribution < 1.29 is 8.83 Å². The van der Waals surface area contributed by atoms with E-state index >= 15 is 0 Å². The molecule has 0 fully saturated rings. The summed E-state index contributed by atoms with van der Waals surface area (Å²) in [7, 11) is 2.44. The minimum absolute atomic E-state index is 0.140. The Morgan fingerprint density at radius 3 is 1.81 bits per heavy atom. The monoisotopic (exact) mass is 959 g/mol. The van der Waals surface area contributed by atoms with Crippen molar-refractivity contribution in [2.45, 2.75) is 38.5 Å². The zero-order valence-electron chi connectivity index (χ0n) is 42.0. The molecular formula is C70H48BN2O2. The molecule has 353 valence electrons. The lowest BCUT2D eigenvalue weighted by Gasteiger charge is -2.36. The van der Waals surface area contributed by atoms with Gasteiger partial charge in [0.25, 0.3) is 0 Å². The number of hydrogen-bond acceptors (Lipinski definition) is 4. The van der Waals surface area contributed by atoms with Gasteiger partial charge in [0.1, 0.15) is 16.7 Å². The lowest BCUT2D eigenvalue weighted by molar-refractivity contribution is 0.660. The number of fused-ring (bicyclic) bond motifs is 16. The van der Waals surface area contributed by atoms with Gasteiger partial charge >= 0.3 is 0 Å². The number of hydrogen-bond donors (Lipinski definition) is 1. The van der Waals surface area contributed by atoms with E-state index in [9.17, 15) is 0 Å². The van der Waals surface area contributed by atoms with Crippen LogP contribution in [-0.4, -0.2) is 7.28 Å². The zero-order valence-corrected chi connectivity index (χ0v) is 42.0. The maximum Gasteiger partial charge on any atom is 0.198 e. The first-order valence-electron chi connectivity index (χ1n) is 26.1. The maximum absolute atomic E-state index is 7.21. The lowest BCUT2D eigenvalue weighted by atomic mass is 9.57. The van der Waals surface area contributed by atoms with E-state index < -0.39 is 0 Å². The van der Waals surface area contributed by atoms with Crippen molar-refractivity contribution in [1.29, 1.82) is 0 Å². The van der Waals surface area contributed by atoms with Crippen molar-refractivity contribution in [3.8, 4) is 44.5 Å². The summed E-state index contributed by atoms with van der Waals surface area (Å²) >= 11 is 0. The molecule has 16 rings (SSSR count). The summed E-state index contributed by atoms with van der Waals surface area (Å²) in [5, 5.41) is 10.6. The van der Waals surface area contributed by atoms with Gasteiger partial charge in [-0.2, -0.15) is 0 Å². The first kappa shape index (κ1) is 42.5. The van der Waals surface area contributed by atoms with Crippen molar-refractivity contribution in [3.05, 3.63) is 235 Å². The predicted molar refractivity (Wildman–Crippen MR) is 314 cm³/mol. The summed E-state index contributed by atoms with van der Waals surface area (Å²) in [6.45, 7) is 9.46. The van der Waals surface area contributed by atoms with E-state index in [1.54, 1.807) is 0 Å². The Balaban J connectivity index is 0.998. The summed E-state index contributed by atoms with van der Waals surface area (Å²) in [4.78, 5) is 2.52. The van der Waals surface area contributed by atoms with Crippen LogP contribution < -0.4 is 21.1 Å². The van der Waals surface area contributed by atoms with Gasteiger partial charge in [-0.05, 0) is 138 Å². The molecule has 13 aromatic rings. The van der Waals surface area contributed by atoms with Crippen molar-refractivity contribution in [1.82, 2.24) is 0 Å². The molecule has 3 aliphatic rings. The fraction of sp³-hybridized carbons (Fsp3) is 0.0857. The van der Waals surface area contributed by atoms with Gasteiger partial charge in [-0.1, -0.05) is 179 Å². The Morgan fingerprint density at radius 2 is 1.03 bits per heavy atom. The highest BCUT2D eigenvalue weighted by atomic mass is 16.3. The predicted octanol–water partition coefficient (Wildman–Crippen LogP) is 17.8. The average molecular weight is 960 g/mol. The third-order valence-corrected chi connectivity index (χ3v) is 17.0. The van der Waals surface area contributed by atoms with Gasteiger partial charge in [0.15, 0.2) is 12.9 Å². The van der Waals surface area contributed by atoms with Crippen molar-refractivity contribution >= 4 is 101 Å². The van der Waals surface area contributed by atoms with Gasteiger partial charge < -0.3 is 19.1 Å². The van der Waals surface area contributed by atoms with Gasteiger partial charge in [0, 0.05) is 61.1 Å². The van der Waals surface area contributed by atoms with Crippen molar-refractivity contribution in [3.63, 3.8) is 0 Å². The smallest absolute Gasteiger partial charge is 0.198 e. The normalized spacial score (nSPS) is 14.4. The molecule has 0 bridgehead atoms. The molecule has 0 atom stereocenters. The van der Waals surface area contributed by atoms with E-state index in [1.165, 1.54) is 55.5 Å². The Hall–Kier alpha value is -9.06. The number of furan rings is 2. The Labute approximate surface area is 435 Å². The van der Waals surface area contributed by atoms with E-state index in [0.29, 0.717) is 0 Å². The maximum atomic E-state index is 7.21. The minimum atomic E-state index is -0.195. The van der Waals surface area contributed by atoms with E-state index in [0.717, 1.165) is 105 Å². The molecule has 1 N–H and O–H groups in total. The summed E-state index contributed by atoms with van der Waals surface area (Å²) in [5.41, 5.74) is 25.5. The highest BCUT2D eigenvalue weighted by Crippen LogP contribution is 2.55. The third-order valence-electron chi connectivity index (χ3n) is 17.0. The second-order valence-corrected chi connectivity index (χ2v) is 21.9. The number of nitrogens with one attached hydrogen (secondary N) is 1. The van der Waals surface area contributed by atoms with E-state index in [-0.39, 0.29) is 10.8 Å². The fourth-order valence-electron chi connectivity index (χ4n) is 13.3. The first-order chi connectivity index (χ1) is 36.7. The van der Waals surface area contributed by atoms with Crippen LogP contribution in [0.2, 0.25) is 0 Å². The van der Waals surface area contributed by atoms with E-state index in [1.807, 2.05) is 0 Å². The molecule has 11 aromatic carbocycles. The molecule has 0 amide bonds. The second-order valence-electron chi connectivity index (χ2n) is 21.9.